The molecular formula is C26H30F3N5. The average Bonchev–Trinajstić information content (AvgIpc) is 3.27. The van der Waals surface area contributed by atoms with Crippen molar-refractivity contribution in [3.8, 4) is 0 Å². The zero-order valence-corrected chi connectivity index (χ0v) is 19.6. The molecule has 0 aliphatic heterocycles. The highest BCUT2D eigenvalue weighted by Crippen LogP contribution is 2.37. The second-order valence-electron chi connectivity index (χ2n) is 8.85. The number of aryl methyl sites for hydroxylation is 2. The molecule has 0 saturated carbocycles. The number of rotatable bonds is 8. The lowest BCUT2D eigenvalue weighted by atomic mass is 10.0. The number of nitrogens with one attached hydrogen (secondary N) is 2. The number of nitrogen functional groups attached to an aromatic ring is 1. The standard InChI is InChI=1S/C26H30F3N5/c1-4-15(2)8-9-31-23-13-22-24(21-7-5-6-20(21)23)33-16(3)34-25(22)32-14-17-10-18(26(27,28)29)12-19(30)11-17/h10-13,31H,2,4-9,14,30H2,1,3H3,(H,32,33,34). The largest absolute Gasteiger partial charge is 0.416 e. The lowest BCUT2D eigenvalue weighted by molar-refractivity contribution is -0.137. The predicted octanol–water partition coefficient (Wildman–Crippen LogP) is 6.41. The first-order valence-electron chi connectivity index (χ1n) is 11.6. The Kier molecular flexibility index (Phi) is 6.68. The molecule has 5 nitrogen and oxygen atoms in total. The Labute approximate surface area is 197 Å². The second-order valence-corrected chi connectivity index (χ2v) is 8.85. The maximum atomic E-state index is 13.2. The molecule has 0 radical (unpaired) electrons. The molecule has 4 rings (SSSR count). The van der Waals surface area contributed by atoms with Crippen LogP contribution in [0, 0.1) is 6.92 Å². The van der Waals surface area contributed by atoms with Crippen LogP contribution in [0.15, 0.2) is 36.4 Å². The van der Waals surface area contributed by atoms with E-state index >= 15 is 0 Å². The summed E-state index contributed by atoms with van der Waals surface area (Å²) in [6, 6.07) is 5.67. The van der Waals surface area contributed by atoms with E-state index in [0.29, 0.717) is 17.2 Å². The quantitative estimate of drug-likeness (QED) is 0.263. The van der Waals surface area contributed by atoms with Gasteiger partial charge in [-0.3, -0.25) is 0 Å². The van der Waals surface area contributed by atoms with Gasteiger partial charge in [0.2, 0.25) is 0 Å². The average molecular weight is 470 g/mol. The molecule has 8 heteroatoms. The van der Waals surface area contributed by atoms with Crippen LogP contribution < -0.4 is 16.4 Å². The fourth-order valence-electron chi connectivity index (χ4n) is 4.49. The van der Waals surface area contributed by atoms with E-state index in [-0.39, 0.29) is 12.2 Å². The first-order valence-corrected chi connectivity index (χ1v) is 11.6. The van der Waals surface area contributed by atoms with Gasteiger partial charge in [0.25, 0.3) is 0 Å². The van der Waals surface area contributed by atoms with E-state index in [1.165, 1.54) is 16.7 Å². The van der Waals surface area contributed by atoms with Crippen LogP contribution in [0.5, 0.6) is 0 Å². The monoisotopic (exact) mass is 469 g/mol. The van der Waals surface area contributed by atoms with Crippen molar-refractivity contribution in [2.24, 2.45) is 0 Å². The molecule has 0 unspecified atom stereocenters. The van der Waals surface area contributed by atoms with Gasteiger partial charge in [0.1, 0.15) is 11.6 Å². The zero-order valence-electron chi connectivity index (χ0n) is 19.6. The minimum absolute atomic E-state index is 0.0772. The summed E-state index contributed by atoms with van der Waals surface area (Å²) in [6.45, 7) is 8.97. The smallest absolute Gasteiger partial charge is 0.399 e. The molecular weight excluding hydrogens is 439 g/mol. The summed E-state index contributed by atoms with van der Waals surface area (Å²) in [5.74, 6) is 1.22. The van der Waals surface area contributed by atoms with Crippen molar-refractivity contribution in [3.05, 3.63) is 64.5 Å². The van der Waals surface area contributed by atoms with Gasteiger partial charge in [-0.15, -0.1) is 0 Å². The topological polar surface area (TPSA) is 75.9 Å². The molecule has 1 aliphatic carbocycles. The Balaban J connectivity index is 1.67. The Morgan fingerprint density at radius 3 is 2.59 bits per heavy atom. The number of nitrogens with two attached hydrogens (primary N) is 1. The highest BCUT2D eigenvalue weighted by molar-refractivity contribution is 5.96. The van der Waals surface area contributed by atoms with Gasteiger partial charge in [0, 0.05) is 29.9 Å². The van der Waals surface area contributed by atoms with E-state index in [1.807, 2.05) is 6.92 Å². The molecule has 180 valence electrons. The third-order valence-corrected chi connectivity index (χ3v) is 6.27. The molecule has 0 bridgehead atoms. The summed E-state index contributed by atoms with van der Waals surface area (Å²) in [5, 5.41) is 7.66. The van der Waals surface area contributed by atoms with E-state index in [9.17, 15) is 13.2 Å². The molecule has 34 heavy (non-hydrogen) atoms. The van der Waals surface area contributed by atoms with Crippen LogP contribution in [0.25, 0.3) is 10.9 Å². The van der Waals surface area contributed by atoms with E-state index < -0.39 is 11.7 Å². The van der Waals surface area contributed by atoms with Crippen LogP contribution in [0.1, 0.15) is 54.3 Å². The van der Waals surface area contributed by atoms with Crippen LogP contribution in [0.4, 0.5) is 30.4 Å². The van der Waals surface area contributed by atoms with Gasteiger partial charge in [0.05, 0.1) is 11.1 Å². The number of anilines is 3. The van der Waals surface area contributed by atoms with Crippen LogP contribution >= 0.6 is 0 Å². The molecule has 1 heterocycles. The van der Waals surface area contributed by atoms with Crippen LogP contribution in [-0.2, 0) is 25.6 Å². The van der Waals surface area contributed by atoms with Crippen molar-refractivity contribution in [3.63, 3.8) is 0 Å². The fraction of sp³-hybridized carbons (Fsp3) is 0.385. The van der Waals surface area contributed by atoms with Crippen molar-refractivity contribution in [2.45, 2.75) is 58.7 Å². The van der Waals surface area contributed by atoms with E-state index in [2.05, 4.69) is 35.2 Å². The predicted molar refractivity (Wildman–Crippen MR) is 132 cm³/mol. The summed E-state index contributed by atoms with van der Waals surface area (Å²) < 4.78 is 39.6. The number of halogens is 3. The molecule has 0 spiro atoms. The highest BCUT2D eigenvalue weighted by Gasteiger charge is 2.31. The summed E-state index contributed by atoms with van der Waals surface area (Å²) in [4.78, 5) is 9.31. The summed E-state index contributed by atoms with van der Waals surface area (Å²) in [7, 11) is 0. The highest BCUT2D eigenvalue weighted by atomic mass is 19.4. The van der Waals surface area contributed by atoms with Gasteiger partial charge >= 0.3 is 6.18 Å². The minimum Gasteiger partial charge on any atom is -0.399 e. The first-order chi connectivity index (χ1) is 16.2. The number of hydrogen-bond acceptors (Lipinski definition) is 5. The van der Waals surface area contributed by atoms with E-state index in [4.69, 9.17) is 10.7 Å². The number of hydrogen-bond donors (Lipinski definition) is 3. The molecule has 0 atom stereocenters. The number of aromatic nitrogens is 2. The third-order valence-electron chi connectivity index (χ3n) is 6.27. The Morgan fingerprint density at radius 1 is 1.09 bits per heavy atom. The number of alkyl halides is 3. The molecule has 1 aromatic heterocycles. The third kappa shape index (κ3) is 5.11. The molecule has 1 aliphatic rings. The molecule has 4 N–H and O–H groups in total. The van der Waals surface area contributed by atoms with Gasteiger partial charge in [-0.1, -0.05) is 19.1 Å². The van der Waals surface area contributed by atoms with Crippen molar-refractivity contribution in [1.82, 2.24) is 9.97 Å². The summed E-state index contributed by atoms with van der Waals surface area (Å²) >= 11 is 0. The number of fused-ring (bicyclic) bond motifs is 3. The maximum Gasteiger partial charge on any atom is 0.416 e. The van der Waals surface area contributed by atoms with Crippen LogP contribution in [-0.4, -0.2) is 16.5 Å². The lowest BCUT2D eigenvalue weighted by Crippen LogP contribution is -2.10. The molecule has 0 saturated heterocycles. The lowest BCUT2D eigenvalue weighted by Gasteiger charge is -2.17. The molecule has 3 aromatic rings. The minimum atomic E-state index is -4.45. The van der Waals surface area contributed by atoms with Crippen LogP contribution in [0.3, 0.4) is 0 Å². The van der Waals surface area contributed by atoms with Gasteiger partial charge in [-0.25, -0.2) is 9.97 Å². The van der Waals surface area contributed by atoms with Crippen molar-refractivity contribution < 1.29 is 13.2 Å². The number of nitrogens with zero attached hydrogens (tertiary/aromatic N) is 2. The normalized spacial score (nSPS) is 13.2. The van der Waals surface area contributed by atoms with Gasteiger partial charge in [0.15, 0.2) is 0 Å². The first kappa shape index (κ1) is 23.9. The van der Waals surface area contributed by atoms with Gasteiger partial charge < -0.3 is 16.4 Å². The second kappa shape index (κ2) is 9.52. The molecule has 2 aromatic carbocycles. The maximum absolute atomic E-state index is 13.2. The Bertz CT molecular complexity index is 1230. The van der Waals surface area contributed by atoms with Crippen LogP contribution in [0.2, 0.25) is 0 Å². The van der Waals surface area contributed by atoms with Crippen molar-refractivity contribution in [1.29, 1.82) is 0 Å². The van der Waals surface area contributed by atoms with E-state index in [0.717, 1.165) is 67.4 Å². The van der Waals surface area contributed by atoms with Gasteiger partial charge in [-0.2, -0.15) is 13.2 Å². The van der Waals surface area contributed by atoms with Crippen molar-refractivity contribution in [2.75, 3.05) is 22.9 Å². The fourth-order valence-corrected chi connectivity index (χ4v) is 4.49. The van der Waals surface area contributed by atoms with E-state index in [1.54, 1.807) is 6.07 Å². The van der Waals surface area contributed by atoms with Gasteiger partial charge in [-0.05, 0) is 80.0 Å². The SMILES string of the molecule is C=C(CC)CCNc1cc2c(NCc3cc(N)cc(C(F)(F)F)c3)nc(C)nc2c2c1CCC2. The molecule has 0 fully saturated rings. The zero-order chi connectivity index (χ0) is 24.5. The molecule has 0 amide bonds. The summed E-state index contributed by atoms with van der Waals surface area (Å²) in [5.41, 5.74) is 11.2. The van der Waals surface area contributed by atoms with Crippen molar-refractivity contribution >= 4 is 28.1 Å². The Morgan fingerprint density at radius 2 is 1.85 bits per heavy atom. The Hall–Kier alpha value is -3.29. The summed E-state index contributed by atoms with van der Waals surface area (Å²) in [6.07, 6.45) is 0.419. The number of benzene rings is 2.